The van der Waals surface area contributed by atoms with Gasteiger partial charge in [0.2, 0.25) is 0 Å². The van der Waals surface area contributed by atoms with Crippen molar-refractivity contribution in [3.63, 3.8) is 0 Å². The minimum atomic E-state index is 0. The van der Waals surface area contributed by atoms with Gasteiger partial charge in [0, 0.05) is 33.6 Å². The smallest absolute Gasteiger partial charge is 1.00 e. The fourth-order valence-electron chi connectivity index (χ4n) is 0. The second-order valence-electron chi connectivity index (χ2n) is 0. The molecule has 0 aliphatic heterocycles. The predicted molar refractivity (Wildman–Crippen MR) is 56.2 cm³/mol. The van der Waals surface area contributed by atoms with Crippen molar-refractivity contribution in [3.8, 4) is 0 Å². The zero-order chi connectivity index (χ0) is 16.0. The molecule has 0 N–H and O–H groups in total. The maximum absolute atomic E-state index is 7.75. The fraction of sp³-hybridized carbons (Fsp3) is 0. The van der Waals surface area contributed by atoms with Gasteiger partial charge in [-0.3, -0.25) is 54.3 Å². The monoisotopic (exact) mass is 398 g/mol. The van der Waals surface area contributed by atoms with E-state index in [1.807, 2.05) is 0 Å². The molecular formula is C8H10Co2Na2O8-8. The SMILES string of the molecule is [CH-]=O.[CH-]=O.[CH-]=O.[CH-]=O.[CH-]=O.[CH-]=O.[CH-]=O.[CH-]=O.[Co].[Co].[H-].[H-].[Na+].[Na+]. The van der Waals surface area contributed by atoms with E-state index >= 15 is 0 Å². The van der Waals surface area contributed by atoms with Crippen molar-refractivity contribution in [2.75, 3.05) is 0 Å². The van der Waals surface area contributed by atoms with Crippen LogP contribution in [0.15, 0.2) is 0 Å². The minimum absolute atomic E-state index is 0. The molecular weight excluding hydrogens is 388 g/mol. The first-order valence-electron chi connectivity index (χ1n) is 1.89. The predicted octanol–water partition coefficient (Wildman–Crippen LogP) is -7.96. The molecule has 2 radical (unpaired) electrons. The second kappa shape index (κ2) is 47000. The Hall–Kier alpha value is 0.373. The summed E-state index contributed by atoms with van der Waals surface area (Å²) in [5.41, 5.74) is 0. The van der Waals surface area contributed by atoms with Crippen LogP contribution in [0.25, 0.3) is 0 Å². The molecule has 0 unspecified atom stereocenters. The van der Waals surface area contributed by atoms with Gasteiger partial charge in [-0.25, -0.2) is 0 Å². The van der Waals surface area contributed by atoms with Crippen molar-refractivity contribution in [2.24, 2.45) is 0 Å². The van der Waals surface area contributed by atoms with Crippen molar-refractivity contribution in [3.05, 3.63) is 0 Å². The van der Waals surface area contributed by atoms with E-state index in [9.17, 15) is 0 Å². The Kier molecular flexibility index (Phi) is 256000. The summed E-state index contributed by atoms with van der Waals surface area (Å²) in [5, 5.41) is 0. The van der Waals surface area contributed by atoms with Crippen LogP contribution in [0.2, 0.25) is 0 Å². The van der Waals surface area contributed by atoms with Crippen LogP contribution in [0, 0.1) is 0 Å². The van der Waals surface area contributed by atoms with Crippen LogP contribution < -0.4 is 59.1 Å². The Morgan fingerprint density at radius 1 is 0.300 bits per heavy atom. The number of hydrogen-bond acceptors (Lipinski definition) is 8. The van der Waals surface area contributed by atoms with Crippen LogP contribution in [0.3, 0.4) is 0 Å². The molecule has 0 atom stereocenters. The van der Waals surface area contributed by atoms with Crippen LogP contribution >= 0.6 is 0 Å². The van der Waals surface area contributed by atoms with Gasteiger partial charge in [-0.15, -0.1) is 0 Å². The van der Waals surface area contributed by atoms with E-state index in [1.165, 1.54) is 0 Å². The first-order chi connectivity index (χ1) is 8.00. The first kappa shape index (κ1) is 109. The number of carbonyl (C=O) groups excluding carboxylic acids is 8. The molecule has 0 bridgehead atoms. The van der Waals surface area contributed by atoms with E-state index < -0.39 is 0 Å². The number of rotatable bonds is 0. The molecule has 0 saturated carbocycles. The summed E-state index contributed by atoms with van der Waals surface area (Å²) in [4.78, 5) is 62.0. The third-order valence-corrected chi connectivity index (χ3v) is 0. The summed E-state index contributed by atoms with van der Waals surface area (Å²) < 4.78 is 0. The zero-order valence-corrected chi connectivity index (χ0v) is 16.6. The average molecular weight is 398 g/mol. The molecule has 0 aromatic rings. The van der Waals surface area contributed by atoms with Gasteiger partial charge in [0.25, 0.3) is 0 Å². The van der Waals surface area contributed by atoms with Gasteiger partial charge in [-0.05, 0) is 0 Å². The summed E-state index contributed by atoms with van der Waals surface area (Å²) in [6, 6.07) is 0. The van der Waals surface area contributed by atoms with Crippen molar-refractivity contribution < 1.29 is 134 Å². The molecule has 20 heavy (non-hydrogen) atoms. The molecule has 0 fully saturated rings. The zero-order valence-electron chi connectivity index (χ0n) is 12.6. The molecule has 0 aromatic carbocycles. The topological polar surface area (TPSA) is 137 Å². The summed E-state index contributed by atoms with van der Waals surface area (Å²) in [6.07, 6.45) is 0. The van der Waals surface area contributed by atoms with Crippen molar-refractivity contribution in [1.82, 2.24) is 0 Å². The molecule has 118 valence electrons. The molecule has 12 heteroatoms. The Morgan fingerprint density at radius 3 is 0.300 bits per heavy atom. The maximum Gasteiger partial charge on any atom is 1.00 e. The van der Waals surface area contributed by atoms with Gasteiger partial charge in [0.15, 0.2) is 0 Å². The van der Waals surface area contributed by atoms with Crippen molar-refractivity contribution in [1.29, 1.82) is 0 Å². The van der Waals surface area contributed by atoms with E-state index in [1.54, 1.807) is 0 Å². The summed E-state index contributed by atoms with van der Waals surface area (Å²) in [6.45, 7) is 26.0. The van der Waals surface area contributed by atoms with Crippen molar-refractivity contribution in [2.45, 2.75) is 0 Å². The number of hydrogen-bond donors (Lipinski definition) is 0. The molecule has 0 aliphatic carbocycles. The van der Waals surface area contributed by atoms with E-state index in [0.29, 0.717) is 0 Å². The average Bonchev–Trinajstić information content (AvgIpc) is 2.54. The van der Waals surface area contributed by atoms with Crippen LogP contribution in [0.1, 0.15) is 2.85 Å². The molecule has 8 nitrogen and oxygen atoms in total. The molecule has 0 spiro atoms. The molecule has 0 rings (SSSR count). The summed E-state index contributed by atoms with van der Waals surface area (Å²) in [5.74, 6) is 0. The van der Waals surface area contributed by atoms with Gasteiger partial charge < -0.3 is 41.2 Å². The van der Waals surface area contributed by atoms with Gasteiger partial charge in [-0.2, -0.15) is 0 Å². The molecule has 0 saturated heterocycles. The van der Waals surface area contributed by atoms with Gasteiger partial charge >= 0.3 is 59.1 Å². The first-order valence-corrected chi connectivity index (χ1v) is 1.89. The largest absolute Gasteiger partial charge is 1.00 e. The molecule has 0 heterocycles. The normalized spacial score (nSPS) is 1.60. The quantitative estimate of drug-likeness (QED) is 0.223. The fourth-order valence-corrected chi connectivity index (χ4v) is 0. The molecule has 0 aliphatic rings. The van der Waals surface area contributed by atoms with E-state index in [4.69, 9.17) is 38.4 Å². The molecule has 0 aromatic heterocycles. The van der Waals surface area contributed by atoms with Crippen LogP contribution in [-0.4, -0.2) is 54.3 Å². The van der Waals surface area contributed by atoms with E-state index in [0.717, 1.165) is 0 Å². The third-order valence-electron chi connectivity index (χ3n) is 0. The minimum Gasteiger partial charge on any atom is -1.00 e. The van der Waals surface area contributed by atoms with Crippen LogP contribution in [0.5, 0.6) is 0 Å². The van der Waals surface area contributed by atoms with Gasteiger partial charge in [-0.1, -0.05) is 0 Å². The Balaban J connectivity index is -0.00000000267. The van der Waals surface area contributed by atoms with Crippen LogP contribution in [0.4, 0.5) is 0 Å². The Labute approximate surface area is 186 Å². The maximum atomic E-state index is 7.75. The standard InChI is InChI=1S/8CHO.2Co.2Na.2H/c8*1-2;;;;;;/h8*1H;;;;;;/q8*-1;;;2*+1;2*-1. The molecule has 0 amide bonds. The van der Waals surface area contributed by atoms with E-state index in [2.05, 4.69) is 54.3 Å². The van der Waals surface area contributed by atoms with Crippen molar-refractivity contribution >= 4 is 54.3 Å². The second-order valence-corrected chi connectivity index (χ2v) is 0. The Bertz CT molecular complexity index is 68.1. The summed E-state index contributed by atoms with van der Waals surface area (Å²) in [7, 11) is 0. The van der Waals surface area contributed by atoms with Gasteiger partial charge in [0.05, 0.1) is 0 Å². The summed E-state index contributed by atoms with van der Waals surface area (Å²) >= 11 is 0. The van der Waals surface area contributed by atoms with E-state index in [-0.39, 0.29) is 95.5 Å². The van der Waals surface area contributed by atoms with Gasteiger partial charge in [0.1, 0.15) is 0 Å². The van der Waals surface area contributed by atoms with Crippen LogP contribution in [-0.2, 0) is 71.9 Å². The third kappa shape index (κ3) is 39900. The Morgan fingerprint density at radius 2 is 0.300 bits per heavy atom.